The van der Waals surface area contributed by atoms with Crippen LogP contribution in [0.1, 0.15) is 31.2 Å². The van der Waals surface area contributed by atoms with Crippen LogP contribution in [0.25, 0.3) is 0 Å². The van der Waals surface area contributed by atoms with Crippen LogP contribution in [0, 0.1) is 0 Å². The molecule has 2 aliphatic rings. The second kappa shape index (κ2) is 5.21. The third-order valence-corrected chi connectivity index (χ3v) is 4.14. The van der Waals surface area contributed by atoms with E-state index in [9.17, 15) is 9.90 Å². The van der Waals surface area contributed by atoms with Gasteiger partial charge in [0, 0.05) is 12.1 Å². The maximum absolute atomic E-state index is 12.2. The molecule has 102 valence electrons. The number of para-hydroxylation sites is 1. The van der Waals surface area contributed by atoms with E-state index in [0.717, 1.165) is 37.8 Å². The number of aliphatic hydroxyl groups excluding tert-OH is 1. The van der Waals surface area contributed by atoms with Gasteiger partial charge in [0.25, 0.3) is 0 Å². The molecule has 4 nitrogen and oxygen atoms in total. The maximum atomic E-state index is 12.2. The highest BCUT2D eigenvalue weighted by Gasteiger charge is 2.30. The van der Waals surface area contributed by atoms with Gasteiger partial charge in [-0.25, -0.2) is 0 Å². The molecule has 0 saturated heterocycles. The van der Waals surface area contributed by atoms with Crippen LogP contribution in [0.4, 0.5) is 5.69 Å². The highest BCUT2D eigenvalue weighted by atomic mass is 16.3. The van der Waals surface area contributed by atoms with Crippen molar-refractivity contribution >= 4 is 11.6 Å². The third-order valence-electron chi connectivity index (χ3n) is 4.14. The van der Waals surface area contributed by atoms with Crippen molar-refractivity contribution in [1.29, 1.82) is 0 Å². The molecule has 0 aromatic heterocycles. The molecule has 0 bridgehead atoms. The van der Waals surface area contributed by atoms with Crippen molar-refractivity contribution in [3.8, 4) is 0 Å². The lowest BCUT2D eigenvalue weighted by Crippen LogP contribution is -2.49. The average molecular weight is 260 g/mol. The van der Waals surface area contributed by atoms with Crippen molar-refractivity contribution in [1.82, 2.24) is 5.32 Å². The van der Waals surface area contributed by atoms with E-state index in [2.05, 4.69) is 10.6 Å². The highest BCUT2D eigenvalue weighted by molar-refractivity contribution is 5.87. The number of fused-ring (bicyclic) bond motifs is 1. The lowest BCUT2D eigenvalue weighted by atomic mass is 9.92. The van der Waals surface area contributed by atoms with Gasteiger partial charge in [-0.15, -0.1) is 0 Å². The quantitative estimate of drug-likeness (QED) is 0.754. The van der Waals surface area contributed by atoms with Crippen LogP contribution in [0.15, 0.2) is 24.3 Å². The number of amides is 1. The first-order chi connectivity index (χ1) is 9.24. The largest absolute Gasteiger partial charge is 0.391 e. The van der Waals surface area contributed by atoms with E-state index >= 15 is 0 Å². The highest BCUT2D eigenvalue weighted by Crippen LogP contribution is 2.25. The summed E-state index contributed by atoms with van der Waals surface area (Å²) in [4.78, 5) is 12.2. The van der Waals surface area contributed by atoms with Crippen molar-refractivity contribution in [3.05, 3.63) is 29.8 Å². The Morgan fingerprint density at radius 3 is 2.84 bits per heavy atom. The summed E-state index contributed by atoms with van der Waals surface area (Å²) in [5, 5.41) is 16.1. The van der Waals surface area contributed by atoms with Gasteiger partial charge in [-0.05, 0) is 24.5 Å². The normalized spacial score (nSPS) is 29.4. The van der Waals surface area contributed by atoms with Crippen molar-refractivity contribution in [3.63, 3.8) is 0 Å². The van der Waals surface area contributed by atoms with Gasteiger partial charge in [0.1, 0.15) is 6.04 Å². The molecule has 0 spiro atoms. The van der Waals surface area contributed by atoms with Gasteiger partial charge in [-0.2, -0.15) is 0 Å². The number of hydrogen-bond acceptors (Lipinski definition) is 3. The fourth-order valence-electron chi connectivity index (χ4n) is 3.02. The predicted molar refractivity (Wildman–Crippen MR) is 74.0 cm³/mol. The van der Waals surface area contributed by atoms with Gasteiger partial charge in [0.05, 0.1) is 12.1 Å². The maximum Gasteiger partial charge on any atom is 0.243 e. The zero-order valence-electron chi connectivity index (χ0n) is 10.9. The molecule has 4 heteroatoms. The van der Waals surface area contributed by atoms with E-state index in [4.69, 9.17) is 0 Å². The Balaban J connectivity index is 1.60. The molecule has 3 rings (SSSR count). The Hall–Kier alpha value is -1.55. The Morgan fingerprint density at radius 1 is 1.26 bits per heavy atom. The van der Waals surface area contributed by atoms with Gasteiger partial charge >= 0.3 is 0 Å². The predicted octanol–water partition coefficient (Wildman–Crippen LogP) is 1.44. The van der Waals surface area contributed by atoms with Crippen LogP contribution in [-0.4, -0.2) is 29.2 Å². The standard InChI is InChI=1S/C15H20N2O2/c18-14-8-4-3-7-12(14)17-15(19)13-9-10-5-1-2-6-11(10)16-13/h1-2,5-6,12-14,16,18H,3-4,7-9H2,(H,17,19)/t12-,13-,14-/m0/s1. The van der Waals surface area contributed by atoms with E-state index < -0.39 is 0 Å². The molecule has 1 amide bonds. The third kappa shape index (κ3) is 2.59. The van der Waals surface area contributed by atoms with Gasteiger partial charge in [-0.3, -0.25) is 4.79 Å². The van der Waals surface area contributed by atoms with Crippen molar-refractivity contribution in [2.24, 2.45) is 0 Å². The molecule has 1 aromatic rings. The minimum atomic E-state index is -0.388. The summed E-state index contributed by atoms with van der Waals surface area (Å²) in [6.07, 6.45) is 4.16. The van der Waals surface area contributed by atoms with E-state index in [1.54, 1.807) is 0 Å². The number of anilines is 1. The first-order valence-corrected chi connectivity index (χ1v) is 7.07. The van der Waals surface area contributed by atoms with Gasteiger partial charge < -0.3 is 15.7 Å². The number of carbonyl (C=O) groups excluding carboxylic acids is 1. The van der Waals surface area contributed by atoms with Crippen LogP contribution in [0.5, 0.6) is 0 Å². The van der Waals surface area contributed by atoms with E-state index in [0.29, 0.717) is 0 Å². The van der Waals surface area contributed by atoms with E-state index in [1.807, 2.05) is 24.3 Å². The van der Waals surface area contributed by atoms with Crippen LogP contribution >= 0.6 is 0 Å². The molecule has 1 fully saturated rings. The zero-order chi connectivity index (χ0) is 13.2. The second-order valence-corrected chi connectivity index (χ2v) is 5.53. The van der Waals surface area contributed by atoms with E-state index in [1.165, 1.54) is 5.56 Å². The van der Waals surface area contributed by atoms with Crippen molar-refractivity contribution in [2.75, 3.05) is 5.32 Å². The molecule has 1 heterocycles. The SMILES string of the molecule is O=C(N[C@H]1CCCC[C@@H]1O)[C@@H]1Cc2ccccc2N1. The molecule has 1 saturated carbocycles. The first-order valence-electron chi connectivity index (χ1n) is 7.07. The van der Waals surface area contributed by atoms with Crippen LogP contribution in [0.3, 0.4) is 0 Å². The number of rotatable bonds is 2. The topological polar surface area (TPSA) is 61.4 Å². The molecular weight excluding hydrogens is 240 g/mol. The smallest absolute Gasteiger partial charge is 0.243 e. The Bertz CT molecular complexity index is 450. The number of carbonyl (C=O) groups is 1. The molecule has 0 unspecified atom stereocenters. The lowest BCUT2D eigenvalue weighted by molar-refractivity contribution is -0.123. The van der Waals surface area contributed by atoms with Gasteiger partial charge in [0.2, 0.25) is 5.91 Å². The molecule has 3 N–H and O–H groups in total. The number of hydrogen-bond donors (Lipinski definition) is 3. The number of benzene rings is 1. The Morgan fingerprint density at radius 2 is 2.05 bits per heavy atom. The minimum Gasteiger partial charge on any atom is -0.391 e. The summed E-state index contributed by atoms with van der Waals surface area (Å²) in [6, 6.07) is 7.73. The molecule has 19 heavy (non-hydrogen) atoms. The summed E-state index contributed by atoms with van der Waals surface area (Å²) in [7, 11) is 0. The average Bonchev–Trinajstić information content (AvgIpc) is 2.85. The van der Waals surface area contributed by atoms with Gasteiger partial charge in [0.15, 0.2) is 0 Å². The minimum absolute atomic E-state index is 0.00199. The molecule has 0 radical (unpaired) electrons. The van der Waals surface area contributed by atoms with E-state index in [-0.39, 0.29) is 24.1 Å². The van der Waals surface area contributed by atoms with Gasteiger partial charge in [-0.1, -0.05) is 31.0 Å². The van der Waals surface area contributed by atoms with Crippen molar-refractivity contribution in [2.45, 2.75) is 50.3 Å². The Labute approximate surface area is 113 Å². The molecule has 3 atom stereocenters. The van der Waals surface area contributed by atoms with Crippen molar-refractivity contribution < 1.29 is 9.90 Å². The summed E-state index contributed by atoms with van der Waals surface area (Å²) in [5.41, 5.74) is 2.23. The lowest BCUT2D eigenvalue weighted by Gasteiger charge is -2.29. The Kier molecular flexibility index (Phi) is 3.42. The fraction of sp³-hybridized carbons (Fsp3) is 0.533. The summed E-state index contributed by atoms with van der Waals surface area (Å²) < 4.78 is 0. The number of nitrogens with one attached hydrogen (secondary N) is 2. The molecular formula is C15H20N2O2. The number of aliphatic hydroxyl groups is 1. The van der Waals surface area contributed by atoms with Crippen LogP contribution < -0.4 is 10.6 Å². The second-order valence-electron chi connectivity index (χ2n) is 5.53. The fourth-order valence-corrected chi connectivity index (χ4v) is 3.02. The molecule has 1 aliphatic heterocycles. The molecule has 1 aliphatic carbocycles. The van der Waals surface area contributed by atoms with Crippen LogP contribution in [-0.2, 0) is 11.2 Å². The first kappa shape index (κ1) is 12.5. The summed E-state index contributed by atoms with van der Waals surface area (Å²) in [6.45, 7) is 0. The summed E-state index contributed by atoms with van der Waals surface area (Å²) >= 11 is 0. The molecule has 1 aromatic carbocycles. The zero-order valence-corrected chi connectivity index (χ0v) is 10.9. The monoisotopic (exact) mass is 260 g/mol. The summed E-state index contributed by atoms with van der Waals surface area (Å²) in [5.74, 6) is 0.00199. The van der Waals surface area contributed by atoms with Crippen LogP contribution in [0.2, 0.25) is 0 Å².